The highest BCUT2D eigenvalue weighted by molar-refractivity contribution is 6.07. The number of carbonyl (C=O) groups is 3. The van der Waals surface area contributed by atoms with E-state index in [0.717, 1.165) is 16.8 Å². The van der Waals surface area contributed by atoms with Crippen molar-refractivity contribution in [3.63, 3.8) is 0 Å². The van der Waals surface area contributed by atoms with Crippen LogP contribution in [-0.2, 0) is 27.2 Å². The van der Waals surface area contributed by atoms with Gasteiger partial charge in [-0.25, -0.2) is 0 Å². The van der Waals surface area contributed by atoms with E-state index in [-0.39, 0.29) is 30.2 Å². The molecule has 2 aliphatic rings. The number of nitrogens with two attached hydrogens (primary N) is 2. The quantitative estimate of drug-likeness (QED) is 0.274. The smallest absolute Gasteiger partial charge is 0.250 e. The van der Waals surface area contributed by atoms with E-state index in [9.17, 15) is 14.4 Å². The third-order valence-electron chi connectivity index (χ3n) is 5.94. The van der Waals surface area contributed by atoms with Gasteiger partial charge in [0.15, 0.2) is 0 Å². The third kappa shape index (κ3) is 8.31. The monoisotopic (exact) mass is 523 g/mol. The standard InChI is InChI=1S/C21H30N6O3.C5H5N.C2H6/c1-12(2)8-18(28)26-16-7-6-13-4-3-5-14-9-17(27(19(13)14)21(16)30)20(29)24-10-15(22)11-25-23;1-2-4-6-5-3-1;1-2/h3-5,11-12,16-17,25H,6-10,22-23H2,1-2H3,(H,24,29)(H,26,28);1-5H;1-2H3/b15-11-;;. The lowest BCUT2D eigenvalue weighted by Gasteiger charge is -2.28. The number of hydrogen-bond acceptors (Lipinski definition) is 7. The maximum Gasteiger partial charge on any atom is 0.250 e. The highest BCUT2D eigenvalue weighted by Gasteiger charge is 2.43. The van der Waals surface area contributed by atoms with Gasteiger partial charge < -0.3 is 21.8 Å². The molecule has 2 atom stereocenters. The summed E-state index contributed by atoms with van der Waals surface area (Å²) in [5, 5.41) is 5.64. The minimum atomic E-state index is -0.685. The zero-order valence-electron chi connectivity index (χ0n) is 22.7. The van der Waals surface area contributed by atoms with Gasteiger partial charge >= 0.3 is 0 Å². The largest absolute Gasteiger partial charge is 0.399 e. The van der Waals surface area contributed by atoms with Crippen molar-refractivity contribution in [2.24, 2.45) is 17.5 Å². The van der Waals surface area contributed by atoms with Gasteiger partial charge in [-0.05, 0) is 42.0 Å². The minimum Gasteiger partial charge on any atom is -0.399 e. The molecule has 2 aliphatic heterocycles. The number of benzene rings is 1. The van der Waals surface area contributed by atoms with Crippen LogP contribution in [0.5, 0.6) is 0 Å². The number of aryl methyl sites for hydroxylation is 1. The van der Waals surface area contributed by atoms with E-state index < -0.39 is 12.1 Å². The highest BCUT2D eigenvalue weighted by Crippen LogP contribution is 2.39. The van der Waals surface area contributed by atoms with Crippen molar-refractivity contribution in [2.45, 2.75) is 65.5 Å². The van der Waals surface area contributed by atoms with Crippen LogP contribution in [0.15, 0.2) is 60.7 Å². The summed E-state index contributed by atoms with van der Waals surface area (Å²) in [6.07, 6.45) is 6.82. The summed E-state index contributed by atoms with van der Waals surface area (Å²) >= 11 is 0. The van der Waals surface area contributed by atoms with Gasteiger partial charge in [-0.3, -0.25) is 30.1 Å². The van der Waals surface area contributed by atoms with E-state index in [1.165, 1.54) is 6.20 Å². The van der Waals surface area contributed by atoms with Gasteiger partial charge in [0.05, 0.1) is 12.2 Å². The second-order valence-electron chi connectivity index (χ2n) is 9.24. The Bertz CT molecular complexity index is 1060. The molecular formula is C28H41N7O3. The second-order valence-corrected chi connectivity index (χ2v) is 9.24. The van der Waals surface area contributed by atoms with Crippen molar-refractivity contribution in [3.8, 4) is 0 Å². The minimum absolute atomic E-state index is 0.110. The Hall–Kier alpha value is -3.92. The topological polar surface area (TPSA) is 155 Å². The predicted molar refractivity (Wildman–Crippen MR) is 149 cm³/mol. The summed E-state index contributed by atoms with van der Waals surface area (Å²) < 4.78 is 0. The molecule has 206 valence electrons. The summed E-state index contributed by atoms with van der Waals surface area (Å²) in [6, 6.07) is 10.2. The maximum absolute atomic E-state index is 13.4. The van der Waals surface area contributed by atoms with Crippen molar-refractivity contribution in [2.75, 3.05) is 11.4 Å². The first-order valence-electron chi connectivity index (χ1n) is 13.1. The Morgan fingerprint density at radius 1 is 1.13 bits per heavy atom. The van der Waals surface area contributed by atoms with Crippen LogP contribution in [-0.4, -0.2) is 41.3 Å². The number of aromatic nitrogens is 1. The predicted octanol–water partition coefficient (Wildman–Crippen LogP) is 1.91. The lowest BCUT2D eigenvalue weighted by atomic mass is 10.0. The molecule has 0 aliphatic carbocycles. The number of amides is 3. The lowest BCUT2D eigenvalue weighted by Crippen LogP contribution is -2.54. The van der Waals surface area contributed by atoms with Gasteiger partial charge in [0, 0.05) is 37.1 Å². The fourth-order valence-corrected chi connectivity index (χ4v) is 4.38. The van der Waals surface area contributed by atoms with Gasteiger partial charge in [-0.1, -0.05) is 52.0 Å². The third-order valence-corrected chi connectivity index (χ3v) is 5.94. The van der Waals surface area contributed by atoms with Gasteiger partial charge in [-0.2, -0.15) is 0 Å². The molecule has 1 aromatic heterocycles. The van der Waals surface area contributed by atoms with E-state index in [2.05, 4.69) is 21.0 Å². The molecule has 10 nitrogen and oxygen atoms in total. The lowest BCUT2D eigenvalue weighted by molar-refractivity contribution is -0.129. The van der Waals surface area contributed by atoms with Crippen LogP contribution in [0, 0.1) is 5.92 Å². The first-order valence-corrected chi connectivity index (χ1v) is 13.1. The normalized spacial score (nSPS) is 17.7. The van der Waals surface area contributed by atoms with Crippen LogP contribution in [0.25, 0.3) is 0 Å². The molecule has 0 bridgehead atoms. The van der Waals surface area contributed by atoms with E-state index >= 15 is 0 Å². The van der Waals surface area contributed by atoms with Crippen molar-refractivity contribution < 1.29 is 14.4 Å². The first kappa shape index (κ1) is 30.3. The number of nitrogens with one attached hydrogen (secondary N) is 3. The van der Waals surface area contributed by atoms with Crippen LogP contribution in [0.1, 0.15) is 51.7 Å². The Morgan fingerprint density at radius 3 is 2.39 bits per heavy atom. The van der Waals surface area contributed by atoms with Gasteiger partial charge in [0.25, 0.3) is 0 Å². The first-order chi connectivity index (χ1) is 18.3. The fraction of sp³-hybridized carbons (Fsp3) is 0.429. The Balaban J connectivity index is 0.000000548. The summed E-state index contributed by atoms with van der Waals surface area (Å²) in [7, 11) is 0. The number of rotatable bonds is 7. The molecule has 1 aromatic carbocycles. The average Bonchev–Trinajstić information content (AvgIpc) is 3.25. The molecule has 0 saturated carbocycles. The van der Waals surface area contributed by atoms with Gasteiger partial charge in [-0.15, -0.1) is 0 Å². The number of para-hydroxylation sites is 1. The van der Waals surface area contributed by atoms with E-state index in [1.807, 2.05) is 64.1 Å². The van der Waals surface area contributed by atoms with Gasteiger partial charge in [0.2, 0.25) is 17.7 Å². The fourth-order valence-electron chi connectivity index (χ4n) is 4.38. The van der Waals surface area contributed by atoms with Crippen LogP contribution in [0.2, 0.25) is 0 Å². The van der Waals surface area contributed by atoms with Crippen molar-refractivity contribution >= 4 is 23.4 Å². The van der Waals surface area contributed by atoms with Crippen molar-refractivity contribution in [1.29, 1.82) is 0 Å². The van der Waals surface area contributed by atoms with E-state index in [1.54, 1.807) is 17.3 Å². The van der Waals surface area contributed by atoms with E-state index in [4.69, 9.17) is 11.6 Å². The molecule has 0 fully saturated rings. The number of pyridine rings is 1. The highest BCUT2D eigenvalue weighted by atomic mass is 16.2. The molecule has 3 heterocycles. The number of hydrazine groups is 1. The molecule has 38 heavy (non-hydrogen) atoms. The van der Waals surface area contributed by atoms with Crippen molar-refractivity contribution in [1.82, 2.24) is 21.0 Å². The molecule has 7 N–H and O–H groups in total. The molecule has 0 saturated heterocycles. The molecule has 0 radical (unpaired) electrons. The van der Waals surface area contributed by atoms with Crippen LogP contribution >= 0.6 is 0 Å². The number of carbonyl (C=O) groups excluding carboxylic acids is 3. The van der Waals surface area contributed by atoms with Crippen molar-refractivity contribution in [3.05, 3.63) is 71.8 Å². The number of nitrogens with zero attached hydrogens (tertiary/aromatic N) is 2. The van der Waals surface area contributed by atoms with Crippen LogP contribution in [0.3, 0.4) is 0 Å². The SMILES string of the molecule is CC.CC(C)CC(=O)NC1CCc2cccc3c2N(C1=O)C(C(=O)NC/C(N)=C/NN)C3.c1ccncc1. The zero-order valence-corrected chi connectivity index (χ0v) is 22.7. The molecular weight excluding hydrogens is 482 g/mol. The average molecular weight is 524 g/mol. The molecule has 4 rings (SSSR count). The summed E-state index contributed by atoms with van der Waals surface area (Å²) in [5.41, 5.74) is 11.2. The molecule has 3 amide bonds. The van der Waals surface area contributed by atoms with Crippen LogP contribution in [0.4, 0.5) is 5.69 Å². The Labute approximate surface area is 225 Å². The maximum atomic E-state index is 13.4. The molecule has 2 aromatic rings. The molecule has 0 spiro atoms. The van der Waals surface area contributed by atoms with Crippen LogP contribution < -0.4 is 32.5 Å². The number of anilines is 1. The number of hydrogen-bond donors (Lipinski definition) is 5. The summed E-state index contributed by atoms with van der Waals surface area (Å²) in [6.45, 7) is 8.02. The summed E-state index contributed by atoms with van der Waals surface area (Å²) in [4.78, 5) is 44.0. The van der Waals surface area contributed by atoms with E-state index in [0.29, 0.717) is 31.4 Å². The van der Waals surface area contributed by atoms with Gasteiger partial charge in [0.1, 0.15) is 12.1 Å². The second kappa shape index (κ2) is 15.4. The Morgan fingerprint density at radius 2 is 1.82 bits per heavy atom. The summed E-state index contributed by atoms with van der Waals surface area (Å²) in [5.74, 6) is 4.70. The molecule has 10 heteroatoms. The zero-order chi connectivity index (χ0) is 28.1. The Kier molecular flexibility index (Phi) is 12.2. The molecule has 2 unspecified atom stereocenters.